The van der Waals surface area contributed by atoms with Crippen LogP contribution >= 0.6 is 0 Å². The first-order valence-corrected chi connectivity index (χ1v) is 7.96. The van der Waals surface area contributed by atoms with Gasteiger partial charge in [0.05, 0.1) is 0 Å². The molecular weight excluding hydrogens is 246 g/mol. The van der Waals surface area contributed by atoms with E-state index in [1.165, 1.54) is 37.3 Å². The average Bonchev–Trinajstić information content (AvgIpc) is 2.46. The number of aryl methyl sites for hydroxylation is 1. The van der Waals surface area contributed by atoms with Crippen molar-refractivity contribution >= 4 is 5.69 Å². The third kappa shape index (κ3) is 4.50. The Balaban J connectivity index is 1.77. The van der Waals surface area contributed by atoms with Crippen LogP contribution in [0.3, 0.4) is 0 Å². The van der Waals surface area contributed by atoms with Gasteiger partial charge in [0, 0.05) is 44.5 Å². The van der Waals surface area contributed by atoms with Crippen LogP contribution < -0.4 is 10.2 Å². The summed E-state index contributed by atoms with van der Waals surface area (Å²) in [5, 5.41) is 3.57. The maximum Gasteiger partial charge on any atom is 0.0369 e. The number of piperazine rings is 1. The standard InChI is InChI=1S/C17H29N3/c1-4-8-18-16(3)14-19-9-11-20(12-10-19)17-7-5-6-15(2)13-17/h5-7,13,16,18H,4,8-12,14H2,1-3H3. The summed E-state index contributed by atoms with van der Waals surface area (Å²) in [4.78, 5) is 5.09. The Labute approximate surface area is 124 Å². The number of benzene rings is 1. The Morgan fingerprint density at radius 2 is 1.95 bits per heavy atom. The van der Waals surface area contributed by atoms with E-state index in [2.05, 4.69) is 60.2 Å². The lowest BCUT2D eigenvalue weighted by Crippen LogP contribution is -2.50. The smallest absolute Gasteiger partial charge is 0.0369 e. The molecule has 0 spiro atoms. The van der Waals surface area contributed by atoms with Gasteiger partial charge in [-0.25, -0.2) is 0 Å². The Morgan fingerprint density at radius 1 is 1.20 bits per heavy atom. The zero-order valence-corrected chi connectivity index (χ0v) is 13.2. The third-order valence-electron chi connectivity index (χ3n) is 4.01. The van der Waals surface area contributed by atoms with E-state index in [1.54, 1.807) is 0 Å². The second kappa shape index (κ2) is 7.65. The molecule has 1 aliphatic rings. The molecule has 1 atom stereocenters. The minimum atomic E-state index is 0.598. The van der Waals surface area contributed by atoms with E-state index in [-0.39, 0.29) is 0 Å². The Bertz CT molecular complexity index is 397. The van der Waals surface area contributed by atoms with Gasteiger partial charge in [0.1, 0.15) is 0 Å². The van der Waals surface area contributed by atoms with Crippen molar-refractivity contribution in [1.82, 2.24) is 10.2 Å². The van der Waals surface area contributed by atoms with Crippen LogP contribution in [-0.4, -0.2) is 50.2 Å². The minimum absolute atomic E-state index is 0.598. The molecule has 0 radical (unpaired) electrons. The molecule has 20 heavy (non-hydrogen) atoms. The molecule has 1 N–H and O–H groups in total. The van der Waals surface area contributed by atoms with E-state index in [0.717, 1.165) is 19.6 Å². The first-order valence-electron chi connectivity index (χ1n) is 7.96. The summed E-state index contributed by atoms with van der Waals surface area (Å²) < 4.78 is 0. The summed E-state index contributed by atoms with van der Waals surface area (Å²) >= 11 is 0. The summed E-state index contributed by atoms with van der Waals surface area (Å²) in [6.45, 7) is 13.6. The fraction of sp³-hybridized carbons (Fsp3) is 0.647. The van der Waals surface area contributed by atoms with Crippen molar-refractivity contribution in [2.75, 3.05) is 44.2 Å². The van der Waals surface area contributed by atoms with Crippen LogP contribution in [0.15, 0.2) is 24.3 Å². The molecule has 0 saturated carbocycles. The number of anilines is 1. The van der Waals surface area contributed by atoms with E-state index in [9.17, 15) is 0 Å². The third-order valence-corrected chi connectivity index (χ3v) is 4.01. The molecule has 1 fully saturated rings. The molecule has 1 aromatic carbocycles. The number of rotatable bonds is 6. The lowest BCUT2D eigenvalue weighted by atomic mass is 10.2. The summed E-state index contributed by atoms with van der Waals surface area (Å²) in [5.74, 6) is 0. The largest absolute Gasteiger partial charge is 0.369 e. The van der Waals surface area contributed by atoms with Crippen LogP contribution in [-0.2, 0) is 0 Å². The van der Waals surface area contributed by atoms with Crippen molar-refractivity contribution in [3.05, 3.63) is 29.8 Å². The topological polar surface area (TPSA) is 18.5 Å². The monoisotopic (exact) mass is 275 g/mol. The van der Waals surface area contributed by atoms with Crippen molar-refractivity contribution in [2.24, 2.45) is 0 Å². The van der Waals surface area contributed by atoms with Gasteiger partial charge in [-0.15, -0.1) is 0 Å². The van der Waals surface area contributed by atoms with E-state index in [0.29, 0.717) is 6.04 Å². The van der Waals surface area contributed by atoms with Crippen molar-refractivity contribution in [3.8, 4) is 0 Å². The van der Waals surface area contributed by atoms with Gasteiger partial charge in [-0.3, -0.25) is 4.90 Å². The Hall–Kier alpha value is -1.06. The van der Waals surface area contributed by atoms with Crippen LogP contribution in [0, 0.1) is 6.92 Å². The van der Waals surface area contributed by atoms with Crippen LogP contribution in [0.5, 0.6) is 0 Å². The summed E-state index contributed by atoms with van der Waals surface area (Å²) in [6.07, 6.45) is 1.21. The van der Waals surface area contributed by atoms with E-state index in [4.69, 9.17) is 0 Å². The zero-order chi connectivity index (χ0) is 14.4. The lowest BCUT2D eigenvalue weighted by molar-refractivity contribution is 0.234. The highest BCUT2D eigenvalue weighted by Crippen LogP contribution is 2.17. The van der Waals surface area contributed by atoms with Crippen molar-refractivity contribution in [2.45, 2.75) is 33.2 Å². The molecule has 3 heteroatoms. The second-order valence-corrected chi connectivity index (χ2v) is 5.98. The number of hydrogen-bond donors (Lipinski definition) is 1. The Morgan fingerprint density at radius 3 is 2.60 bits per heavy atom. The van der Waals surface area contributed by atoms with E-state index >= 15 is 0 Å². The molecule has 1 aliphatic heterocycles. The molecule has 0 amide bonds. The van der Waals surface area contributed by atoms with Gasteiger partial charge in [0.2, 0.25) is 0 Å². The molecule has 1 unspecified atom stereocenters. The van der Waals surface area contributed by atoms with Gasteiger partial charge in [0.25, 0.3) is 0 Å². The molecule has 1 heterocycles. The highest BCUT2D eigenvalue weighted by Gasteiger charge is 2.18. The van der Waals surface area contributed by atoms with Crippen molar-refractivity contribution < 1.29 is 0 Å². The molecule has 3 nitrogen and oxygen atoms in total. The quantitative estimate of drug-likeness (QED) is 0.860. The fourth-order valence-corrected chi connectivity index (χ4v) is 2.86. The fourth-order valence-electron chi connectivity index (χ4n) is 2.86. The zero-order valence-electron chi connectivity index (χ0n) is 13.2. The van der Waals surface area contributed by atoms with Gasteiger partial charge in [-0.05, 0) is 44.5 Å². The first kappa shape index (κ1) is 15.3. The predicted octanol–water partition coefficient (Wildman–Crippen LogP) is 2.51. The molecule has 0 aliphatic carbocycles. The summed E-state index contributed by atoms with van der Waals surface area (Å²) in [6, 6.07) is 9.45. The van der Waals surface area contributed by atoms with E-state index in [1.807, 2.05) is 0 Å². The van der Waals surface area contributed by atoms with Gasteiger partial charge < -0.3 is 10.2 Å². The molecule has 1 aromatic rings. The van der Waals surface area contributed by atoms with Crippen LogP contribution in [0.4, 0.5) is 5.69 Å². The molecular formula is C17H29N3. The van der Waals surface area contributed by atoms with Crippen molar-refractivity contribution in [3.63, 3.8) is 0 Å². The second-order valence-electron chi connectivity index (χ2n) is 5.98. The minimum Gasteiger partial charge on any atom is -0.369 e. The molecule has 1 saturated heterocycles. The lowest BCUT2D eigenvalue weighted by Gasteiger charge is -2.37. The highest BCUT2D eigenvalue weighted by molar-refractivity contribution is 5.48. The molecule has 2 rings (SSSR count). The van der Waals surface area contributed by atoms with E-state index < -0.39 is 0 Å². The number of hydrogen-bond acceptors (Lipinski definition) is 3. The summed E-state index contributed by atoms with van der Waals surface area (Å²) in [7, 11) is 0. The first-order chi connectivity index (χ1) is 9.69. The SMILES string of the molecule is CCCNC(C)CN1CCN(c2cccc(C)c2)CC1. The predicted molar refractivity (Wildman–Crippen MR) is 87.6 cm³/mol. The molecule has 0 bridgehead atoms. The Kier molecular flexibility index (Phi) is 5.86. The maximum absolute atomic E-state index is 3.57. The molecule has 0 aromatic heterocycles. The van der Waals surface area contributed by atoms with Gasteiger partial charge in [0.15, 0.2) is 0 Å². The number of nitrogens with zero attached hydrogens (tertiary/aromatic N) is 2. The highest BCUT2D eigenvalue weighted by atomic mass is 15.3. The summed E-state index contributed by atoms with van der Waals surface area (Å²) in [5.41, 5.74) is 2.73. The average molecular weight is 275 g/mol. The normalized spacial score (nSPS) is 18.2. The van der Waals surface area contributed by atoms with Crippen LogP contribution in [0.2, 0.25) is 0 Å². The molecule has 112 valence electrons. The number of nitrogens with one attached hydrogen (secondary N) is 1. The van der Waals surface area contributed by atoms with Crippen molar-refractivity contribution in [1.29, 1.82) is 0 Å². The van der Waals surface area contributed by atoms with Crippen LogP contribution in [0.25, 0.3) is 0 Å². The van der Waals surface area contributed by atoms with Crippen LogP contribution in [0.1, 0.15) is 25.8 Å². The van der Waals surface area contributed by atoms with Gasteiger partial charge >= 0.3 is 0 Å². The maximum atomic E-state index is 3.57. The van der Waals surface area contributed by atoms with Gasteiger partial charge in [-0.1, -0.05) is 19.1 Å². The van der Waals surface area contributed by atoms with Gasteiger partial charge in [-0.2, -0.15) is 0 Å².